The maximum atomic E-state index is 12.6. The van der Waals surface area contributed by atoms with Crippen molar-refractivity contribution in [3.05, 3.63) is 24.2 Å². The summed E-state index contributed by atoms with van der Waals surface area (Å²) in [5.74, 6) is 1.59. The first-order valence-corrected chi connectivity index (χ1v) is 9.37. The van der Waals surface area contributed by atoms with E-state index in [0.29, 0.717) is 44.5 Å². The molecule has 146 valence electrons. The van der Waals surface area contributed by atoms with Crippen molar-refractivity contribution in [3.63, 3.8) is 0 Å². The third-order valence-electron chi connectivity index (χ3n) is 4.92. The number of rotatable bonds is 6. The predicted octanol–water partition coefficient (Wildman–Crippen LogP) is 2.94. The first kappa shape index (κ1) is 19.1. The van der Waals surface area contributed by atoms with E-state index >= 15 is 0 Å². The number of hydrogen-bond acceptors (Lipinski definition) is 3. The van der Waals surface area contributed by atoms with Crippen LogP contribution < -0.4 is 10.6 Å². The highest BCUT2D eigenvalue weighted by molar-refractivity contribution is 5.80. The van der Waals surface area contributed by atoms with Crippen LogP contribution in [0.15, 0.2) is 27.8 Å². The molecule has 3 rings (SSSR count). The molecule has 1 aromatic heterocycles. The molecule has 8 heteroatoms. The second kappa shape index (κ2) is 8.79. The average Bonchev–Trinajstić information content (AvgIpc) is 3.29. The van der Waals surface area contributed by atoms with Crippen LogP contribution in [0.4, 0.5) is 13.2 Å². The molecule has 2 heterocycles. The zero-order valence-electron chi connectivity index (χ0n) is 14.9. The van der Waals surface area contributed by atoms with Crippen molar-refractivity contribution in [2.45, 2.75) is 56.8 Å². The van der Waals surface area contributed by atoms with Gasteiger partial charge in [-0.05, 0) is 31.4 Å². The Morgan fingerprint density at radius 2 is 1.96 bits per heavy atom. The third kappa shape index (κ3) is 6.23. The zero-order chi connectivity index (χ0) is 18.4. The van der Waals surface area contributed by atoms with Crippen molar-refractivity contribution in [2.24, 2.45) is 4.99 Å². The van der Waals surface area contributed by atoms with Gasteiger partial charge in [-0.3, -0.25) is 9.89 Å². The van der Waals surface area contributed by atoms with Gasteiger partial charge in [-0.25, -0.2) is 0 Å². The number of halogens is 3. The van der Waals surface area contributed by atoms with E-state index in [2.05, 4.69) is 15.6 Å². The fraction of sp³-hybridized carbons (Fsp3) is 0.722. The third-order valence-corrected chi connectivity index (χ3v) is 4.92. The van der Waals surface area contributed by atoms with Crippen molar-refractivity contribution in [1.82, 2.24) is 15.5 Å². The van der Waals surface area contributed by atoms with Gasteiger partial charge in [-0.2, -0.15) is 13.2 Å². The highest BCUT2D eigenvalue weighted by atomic mass is 19.4. The molecule has 0 spiro atoms. The fourth-order valence-electron chi connectivity index (χ4n) is 3.67. The van der Waals surface area contributed by atoms with Gasteiger partial charge in [0.25, 0.3) is 0 Å². The maximum Gasteiger partial charge on any atom is 0.401 e. The Balaban J connectivity index is 1.52. The second-order valence-electron chi connectivity index (χ2n) is 7.17. The number of hydrogen-bond donors (Lipinski definition) is 2. The molecule has 1 unspecified atom stereocenters. The molecule has 2 fully saturated rings. The van der Waals surface area contributed by atoms with Gasteiger partial charge in [0.1, 0.15) is 5.76 Å². The number of alkyl halides is 3. The van der Waals surface area contributed by atoms with Gasteiger partial charge in [-0.15, -0.1) is 0 Å². The number of nitrogens with zero attached hydrogens (tertiary/aromatic N) is 2. The molecule has 0 bridgehead atoms. The first-order chi connectivity index (χ1) is 12.5. The summed E-state index contributed by atoms with van der Waals surface area (Å²) >= 11 is 0. The van der Waals surface area contributed by atoms with Gasteiger partial charge in [-0.1, -0.05) is 12.8 Å². The van der Waals surface area contributed by atoms with E-state index < -0.39 is 12.7 Å². The van der Waals surface area contributed by atoms with Crippen molar-refractivity contribution < 1.29 is 17.6 Å². The van der Waals surface area contributed by atoms with Crippen LogP contribution in [0, 0.1) is 0 Å². The quantitative estimate of drug-likeness (QED) is 0.596. The highest BCUT2D eigenvalue weighted by Crippen LogP contribution is 2.20. The monoisotopic (exact) mass is 372 g/mol. The number of furan rings is 1. The Hall–Kier alpha value is -1.70. The minimum atomic E-state index is -4.14. The highest BCUT2D eigenvalue weighted by Gasteiger charge is 2.34. The average molecular weight is 372 g/mol. The summed E-state index contributed by atoms with van der Waals surface area (Å²) in [6, 6.07) is 4.16. The van der Waals surface area contributed by atoms with Crippen LogP contribution >= 0.6 is 0 Å². The van der Waals surface area contributed by atoms with E-state index in [9.17, 15) is 13.2 Å². The molecule has 0 aromatic carbocycles. The summed E-state index contributed by atoms with van der Waals surface area (Å²) < 4.78 is 43.0. The molecule has 2 aliphatic rings. The van der Waals surface area contributed by atoms with Crippen molar-refractivity contribution in [2.75, 3.05) is 26.2 Å². The zero-order valence-corrected chi connectivity index (χ0v) is 14.9. The van der Waals surface area contributed by atoms with Gasteiger partial charge in [0.2, 0.25) is 0 Å². The standard InChI is InChI=1S/C18H27F3N4O/c19-18(20,21)13-25-10-8-15(12-25)24-17(23-14-4-1-2-5-14)22-9-7-16-6-3-11-26-16/h3,6,11,14-15H,1-2,4-5,7-10,12-13H2,(H2,22,23,24). The van der Waals surface area contributed by atoms with Crippen LogP contribution in [-0.4, -0.2) is 55.3 Å². The molecule has 1 aliphatic heterocycles. The van der Waals surface area contributed by atoms with Crippen molar-refractivity contribution in [1.29, 1.82) is 0 Å². The molecule has 1 atom stereocenters. The molecule has 1 saturated carbocycles. The largest absolute Gasteiger partial charge is 0.469 e. The fourth-order valence-corrected chi connectivity index (χ4v) is 3.67. The molecule has 26 heavy (non-hydrogen) atoms. The van der Waals surface area contributed by atoms with Crippen LogP contribution in [0.3, 0.4) is 0 Å². The van der Waals surface area contributed by atoms with Crippen LogP contribution in [-0.2, 0) is 6.42 Å². The van der Waals surface area contributed by atoms with Crippen LogP contribution in [0.2, 0.25) is 0 Å². The van der Waals surface area contributed by atoms with Crippen LogP contribution in [0.25, 0.3) is 0 Å². The molecular formula is C18H27F3N4O. The Bertz CT molecular complexity index is 567. The van der Waals surface area contributed by atoms with Gasteiger partial charge >= 0.3 is 6.18 Å². The molecule has 5 nitrogen and oxygen atoms in total. The van der Waals surface area contributed by atoms with Crippen molar-refractivity contribution >= 4 is 5.96 Å². The lowest BCUT2D eigenvalue weighted by atomic mass is 10.2. The van der Waals surface area contributed by atoms with Gasteiger partial charge in [0, 0.05) is 38.1 Å². The normalized spacial score (nSPS) is 22.9. The minimum absolute atomic E-state index is 0.00591. The lowest BCUT2D eigenvalue weighted by Gasteiger charge is -2.22. The summed E-state index contributed by atoms with van der Waals surface area (Å²) in [6.07, 6.45) is 3.54. The van der Waals surface area contributed by atoms with E-state index in [1.165, 1.54) is 17.7 Å². The van der Waals surface area contributed by atoms with E-state index in [1.807, 2.05) is 12.1 Å². The molecule has 2 N–H and O–H groups in total. The molecule has 0 amide bonds. The topological polar surface area (TPSA) is 52.8 Å². The Labute approximate surface area is 152 Å². The molecule has 1 aliphatic carbocycles. The minimum Gasteiger partial charge on any atom is -0.469 e. The summed E-state index contributed by atoms with van der Waals surface area (Å²) in [4.78, 5) is 6.07. The van der Waals surface area contributed by atoms with Crippen LogP contribution in [0.1, 0.15) is 37.9 Å². The maximum absolute atomic E-state index is 12.6. The number of aliphatic imine (C=N–C) groups is 1. The Kier molecular flexibility index (Phi) is 6.45. The molecular weight excluding hydrogens is 345 g/mol. The summed E-state index contributed by atoms with van der Waals surface area (Å²) in [6.45, 7) is 0.587. The predicted molar refractivity (Wildman–Crippen MR) is 94.1 cm³/mol. The lowest BCUT2D eigenvalue weighted by molar-refractivity contribution is -0.143. The van der Waals surface area contributed by atoms with E-state index in [-0.39, 0.29) is 6.04 Å². The van der Waals surface area contributed by atoms with Gasteiger partial charge in [0.15, 0.2) is 5.96 Å². The Morgan fingerprint density at radius 1 is 1.19 bits per heavy atom. The summed E-state index contributed by atoms with van der Waals surface area (Å²) in [7, 11) is 0. The van der Waals surface area contributed by atoms with E-state index in [1.54, 1.807) is 6.26 Å². The van der Waals surface area contributed by atoms with Gasteiger partial charge < -0.3 is 15.1 Å². The van der Waals surface area contributed by atoms with Crippen LogP contribution in [0.5, 0.6) is 0 Å². The number of likely N-dealkylation sites (tertiary alicyclic amines) is 1. The smallest absolute Gasteiger partial charge is 0.401 e. The number of nitrogens with one attached hydrogen (secondary N) is 2. The van der Waals surface area contributed by atoms with Gasteiger partial charge in [0.05, 0.1) is 12.8 Å². The first-order valence-electron chi connectivity index (χ1n) is 9.37. The van der Waals surface area contributed by atoms with E-state index in [0.717, 1.165) is 18.6 Å². The SMILES string of the molecule is FC(F)(F)CN1CCC(NC(=NCCc2ccco2)NC2CCCC2)C1. The van der Waals surface area contributed by atoms with Crippen molar-refractivity contribution in [3.8, 4) is 0 Å². The molecule has 1 aromatic rings. The lowest BCUT2D eigenvalue weighted by Crippen LogP contribution is -2.48. The molecule has 0 radical (unpaired) electrons. The summed E-state index contributed by atoms with van der Waals surface area (Å²) in [5, 5.41) is 6.79. The summed E-state index contributed by atoms with van der Waals surface area (Å²) in [5.41, 5.74) is 0. The molecule has 1 saturated heterocycles. The van der Waals surface area contributed by atoms with E-state index in [4.69, 9.17) is 4.42 Å². The number of guanidine groups is 1. The Morgan fingerprint density at radius 3 is 2.65 bits per heavy atom. The second-order valence-corrected chi connectivity index (χ2v) is 7.17.